The highest BCUT2D eigenvalue weighted by Gasteiger charge is 2.04. The van der Waals surface area contributed by atoms with Gasteiger partial charge in [-0.15, -0.1) is 0 Å². The second kappa shape index (κ2) is 8.76. The van der Waals surface area contributed by atoms with E-state index in [0.29, 0.717) is 23.5 Å². The van der Waals surface area contributed by atoms with E-state index in [4.69, 9.17) is 4.74 Å². The molecule has 1 N–H and O–H groups in total. The average Bonchev–Trinajstić information content (AvgIpc) is 2.68. The largest absolute Gasteiger partial charge is 0.489 e. The molecule has 0 radical (unpaired) electrons. The molecule has 0 bridgehead atoms. The summed E-state index contributed by atoms with van der Waals surface area (Å²) in [4.78, 5) is 12.1. The molecule has 0 aliphatic carbocycles. The summed E-state index contributed by atoms with van der Waals surface area (Å²) in [6, 6.07) is 20.9. The number of halogens is 1. The summed E-state index contributed by atoms with van der Waals surface area (Å²) in [6.45, 7) is 2.50. The van der Waals surface area contributed by atoms with E-state index in [-0.39, 0.29) is 11.7 Å². The number of ether oxygens (including phenoxy) is 1. The van der Waals surface area contributed by atoms with Crippen molar-refractivity contribution in [3.63, 3.8) is 0 Å². The van der Waals surface area contributed by atoms with Crippen LogP contribution in [0.3, 0.4) is 0 Å². The zero-order valence-electron chi connectivity index (χ0n) is 14.9. The molecule has 0 saturated heterocycles. The fourth-order valence-corrected chi connectivity index (χ4v) is 2.37. The molecule has 3 rings (SSSR count). The van der Waals surface area contributed by atoms with Gasteiger partial charge in [0.05, 0.1) is 6.21 Å². The van der Waals surface area contributed by atoms with Crippen LogP contribution in [-0.4, -0.2) is 12.1 Å². The Labute approximate surface area is 157 Å². The van der Waals surface area contributed by atoms with Crippen LogP contribution in [0.25, 0.3) is 0 Å². The van der Waals surface area contributed by atoms with Crippen LogP contribution >= 0.6 is 0 Å². The van der Waals surface area contributed by atoms with E-state index < -0.39 is 0 Å². The molecule has 3 aromatic carbocycles. The third-order valence-electron chi connectivity index (χ3n) is 3.87. The van der Waals surface area contributed by atoms with Gasteiger partial charge in [-0.1, -0.05) is 42.0 Å². The Morgan fingerprint density at radius 3 is 2.52 bits per heavy atom. The van der Waals surface area contributed by atoms with E-state index in [0.717, 1.165) is 5.56 Å². The van der Waals surface area contributed by atoms with Crippen molar-refractivity contribution in [3.8, 4) is 5.75 Å². The van der Waals surface area contributed by atoms with Crippen molar-refractivity contribution in [1.29, 1.82) is 0 Å². The van der Waals surface area contributed by atoms with Gasteiger partial charge in [0.15, 0.2) is 0 Å². The van der Waals surface area contributed by atoms with Crippen molar-refractivity contribution in [2.24, 2.45) is 5.10 Å². The first-order valence-corrected chi connectivity index (χ1v) is 8.47. The molecule has 3 aromatic rings. The van der Waals surface area contributed by atoms with Crippen molar-refractivity contribution in [2.45, 2.75) is 13.5 Å². The predicted octanol–water partition coefficient (Wildman–Crippen LogP) is 4.48. The van der Waals surface area contributed by atoms with Crippen LogP contribution in [0.5, 0.6) is 5.75 Å². The van der Waals surface area contributed by atoms with Crippen molar-refractivity contribution in [1.82, 2.24) is 5.43 Å². The summed E-state index contributed by atoms with van der Waals surface area (Å²) >= 11 is 0. The number of rotatable bonds is 6. The van der Waals surface area contributed by atoms with Crippen molar-refractivity contribution in [3.05, 3.63) is 101 Å². The number of hydrogen-bond acceptors (Lipinski definition) is 3. The topological polar surface area (TPSA) is 50.7 Å². The van der Waals surface area contributed by atoms with Crippen LogP contribution < -0.4 is 10.2 Å². The minimum Gasteiger partial charge on any atom is -0.489 e. The number of hydrazone groups is 1. The molecule has 0 atom stereocenters. The molecule has 136 valence electrons. The van der Waals surface area contributed by atoms with Gasteiger partial charge in [-0.25, -0.2) is 9.82 Å². The smallest absolute Gasteiger partial charge is 0.271 e. The molecule has 0 aliphatic heterocycles. The zero-order chi connectivity index (χ0) is 19.1. The van der Waals surface area contributed by atoms with Crippen molar-refractivity contribution < 1.29 is 13.9 Å². The molecule has 5 heteroatoms. The van der Waals surface area contributed by atoms with E-state index in [1.54, 1.807) is 36.4 Å². The number of carbonyl (C=O) groups is 1. The number of carbonyl (C=O) groups excluding carboxylic acids is 1. The summed E-state index contributed by atoms with van der Waals surface area (Å²) in [6.07, 6.45) is 1.39. The fourth-order valence-electron chi connectivity index (χ4n) is 2.37. The Kier molecular flexibility index (Phi) is 5.94. The normalized spacial score (nSPS) is 10.7. The lowest BCUT2D eigenvalue weighted by Crippen LogP contribution is -2.17. The van der Waals surface area contributed by atoms with Gasteiger partial charge in [0.25, 0.3) is 5.91 Å². The lowest BCUT2D eigenvalue weighted by molar-refractivity contribution is 0.0955. The van der Waals surface area contributed by atoms with Gasteiger partial charge in [-0.3, -0.25) is 4.79 Å². The number of nitrogens with zero attached hydrogens (tertiary/aromatic N) is 1. The van der Waals surface area contributed by atoms with Crippen LogP contribution in [-0.2, 0) is 6.61 Å². The van der Waals surface area contributed by atoms with Crippen molar-refractivity contribution in [2.75, 3.05) is 0 Å². The molecule has 0 saturated carbocycles. The Morgan fingerprint density at radius 1 is 1.07 bits per heavy atom. The molecular weight excluding hydrogens is 343 g/mol. The maximum atomic E-state index is 13.1. The van der Waals surface area contributed by atoms with Gasteiger partial charge in [0.2, 0.25) is 0 Å². The summed E-state index contributed by atoms with van der Waals surface area (Å²) in [5.41, 5.74) is 5.72. The van der Waals surface area contributed by atoms with Gasteiger partial charge in [-0.2, -0.15) is 5.10 Å². The second-order valence-corrected chi connectivity index (χ2v) is 6.05. The lowest BCUT2D eigenvalue weighted by Gasteiger charge is -2.07. The number of amides is 1. The molecule has 0 fully saturated rings. The molecular formula is C22H19FN2O2. The SMILES string of the molecule is Cc1ccc(COc2ccc(C(=O)NN=Cc3cccc(F)c3)cc2)cc1. The van der Waals surface area contributed by atoms with Gasteiger partial charge < -0.3 is 4.74 Å². The van der Waals surface area contributed by atoms with Crippen LogP contribution in [0.2, 0.25) is 0 Å². The first-order chi connectivity index (χ1) is 13.1. The molecule has 0 spiro atoms. The molecule has 27 heavy (non-hydrogen) atoms. The van der Waals surface area contributed by atoms with Gasteiger partial charge in [0.1, 0.15) is 18.2 Å². The quantitative estimate of drug-likeness (QED) is 0.519. The second-order valence-electron chi connectivity index (χ2n) is 6.05. The maximum Gasteiger partial charge on any atom is 0.271 e. The highest BCUT2D eigenvalue weighted by molar-refractivity contribution is 5.94. The molecule has 0 aromatic heterocycles. The average molecular weight is 362 g/mol. The van der Waals surface area contributed by atoms with E-state index in [1.807, 2.05) is 31.2 Å². The van der Waals surface area contributed by atoms with Gasteiger partial charge >= 0.3 is 0 Å². The Balaban J connectivity index is 1.53. The van der Waals surface area contributed by atoms with Crippen molar-refractivity contribution >= 4 is 12.1 Å². The minimum absolute atomic E-state index is 0.354. The lowest BCUT2D eigenvalue weighted by atomic mass is 10.2. The maximum absolute atomic E-state index is 13.1. The standard InChI is InChI=1S/C22H19FN2O2/c1-16-5-7-17(8-6-16)15-27-21-11-9-19(10-12-21)22(26)25-24-14-18-3-2-4-20(23)13-18/h2-14H,15H2,1H3,(H,25,26). The Morgan fingerprint density at radius 2 is 1.81 bits per heavy atom. The van der Waals surface area contributed by atoms with Gasteiger partial charge in [-0.05, 0) is 54.4 Å². The van der Waals surface area contributed by atoms with Crippen LogP contribution in [0, 0.1) is 12.7 Å². The van der Waals surface area contributed by atoms with E-state index in [2.05, 4.69) is 10.5 Å². The third kappa shape index (κ3) is 5.51. The van der Waals surface area contributed by atoms with Crippen LogP contribution in [0.1, 0.15) is 27.0 Å². The molecule has 0 unspecified atom stereocenters. The van der Waals surface area contributed by atoms with E-state index >= 15 is 0 Å². The highest BCUT2D eigenvalue weighted by atomic mass is 19.1. The fraction of sp³-hybridized carbons (Fsp3) is 0.0909. The summed E-state index contributed by atoms with van der Waals surface area (Å²) in [7, 11) is 0. The van der Waals surface area contributed by atoms with Gasteiger partial charge in [0, 0.05) is 5.56 Å². The summed E-state index contributed by atoms with van der Waals surface area (Å²) in [5.74, 6) is -0.0328. The summed E-state index contributed by atoms with van der Waals surface area (Å²) in [5, 5.41) is 3.84. The Bertz CT molecular complexity index is 935. The summed E-state index contributed by atoms with van der Waals surface area (Å²) < 4.78 is 18.8. The third-order valence-corrected chi connectivity index (χ3v) is 3.87. The van der Waals surface area contributed by atoms with E-state index in [9.17, 15) is 9.18 Å². The van der Waals surface area contributed by atoms with Crippen LogP contribution in [0.4, 0.5) is 4.39 Å². The molecule has 0 heterocycles. The number of nitrogens with one attached hydrogen (secondary N) is 1. The number of aryl methyl sites for hydroxylation is 1. The monoisotopic (exact) mass is 362 g/mol. The number of benzene rings is 3. The molecule has 1 amide bonds. The van der Waals surface area contributed by atoms with E-state index in [1.165, 1.54) is 23.9 Å². The molecule has 4 nitrogen and oxygen atoms in total. The highest BCUT2D eigenvalue weighted by Crippen LogP contribution is 2.14. The van der Waals surface area contributed by atoms with Crippen LogP contribution in [0.15, 0.2) is 77.9 Å². The first-order valence-electron chi connectivity index (χ1n) is 8.47. The predicted molar refractivity (Wildman–Crippen MR) is 103 cm³/mol. The zero-order valence-corrected chi connectivity index (χ0v) is 14.9. The molecule has 0 aliphatic rings. The minimum atomic E-state index is -0.355. The first kappa shape index (κ1) is 18.3. The Hall–Kier alpha value is -3.47. The number of hydrogen-bond donors (Lipinski definition) is 1.